The predicted octanol–water partition coefficient (Wildman–Crippen LogP) is 4.24. The fraction of sp³-hybridized carbons (Fsp3) is 0.0667. The molecule has 20 heavy (non-hydrogen) atoms. The standard InChI is InChI=1S/C15H11N3S2/c1-2-6-11(7-3-1)10-19-14-16-17-15-18(14)12-8-4-5-9-13(12)20-15/h1-9H,10H2. The van der Waals surface area contributed by atoms with Crippen molar-refractivity contribution in [3.63, 3.8) is 0 Å². The molecule has 0 saturated carbocycles. The summed E-state index contributed by atoms with van der Waals surface area (Å²) >= 11 is 3.41. The fourth-order valence-electron chi connectivity index (χ4n) is 2.17. The van der Waals surface area contributed by atoms with E-state index in [1.165, 1.54) is 15.8 Å². The van der Waals surface area contributed by atoms with Crippen molar-refractivity contribution < 1.29 is 0 Å². The molecule has 0 aliphatic heterocycles. The van der Waals surface area contributed by atoms with Crippen LogP contribution in [0.25, 0.3) is 15.2 Å². The molecule has 2 heterocycles. The highest BCUT2D eigenvalue weighted by Gasteiger charge is 2.12. The first-order valence-electron chi connectivity index (χ1n) is 6.31. The third kappa shape index (κ3) is 1.99. The monoisotopic (exact) mass is 297 g/mol. The van der Waals surface area contributed by atoms with Crippen molar-refractivity contribution in [1.82, 2.24) is 14.6 Å². The van der Waals surface area contributed by atoms with Crippen molar-refractivity contribution in [2.75, 3.05) is 0 Å². The van der Waals surface area contributed by atoms with Gasteiger partial charge in [0.1, 0.15) is 0 Å². The van der Waals surface area contributed by atoms with Gasteiger partial charge in [0.25, 0.3) is 0 Å². The summed E-state index contributed by atoms with van der Waals surface area (Å²) in [7, 11) is 0. The highest BCUT2D eigenvalue weighted by atomic mass is 32.2. The number of nitrogens with zero attached hydrogens (tertiary/aromatic N) is 3. The van der Waals surface area contributed by atoms with E-state index in [4.69, 9.17) is 0 Å². The SMILES string of the molecule is c1ccc(CSc2nnc3sc4ccccc4n23)cc1. The molecule has 2 aromatic carbocycles. The lowest BCUT2D eigenvalue weighted by molar-refractivity contribution is 0.940. The Balaban J connectivity index is 1.73. The zero-order valence-corrected chi connectivity index (χ0v) is 12.2. The third-order valence-corrected chi connectivity index (χ3v) is 5.13. The molecule has 2 aromatic heterocycles. The third-order valence-electron chi connectivity index (χ3n) is 3.12. The minimum absolute atomic E-state index is 0.909. The number of thioether (sulfide) groups is 1. The Morgan fingerprint density at radius 2 is 1.75 bits per heavy atom. The van der Waals surface area contributed by atoms with Crippen LogP contribution in [0.15, 0.2) is 59.8 Å². The number of benzene rings is 2. The van der Waals surface area contributed by atoms with Crippen molar-refractivity contribution in [2.24, 2.45) is 0 Å². The van der Waals surface area contributed by atoms with Crippen LogP contribution in [0.5, 0.6) is 0 Å². The highest BCUT2D eigenvalue weighted by molar-refractivity contribution is 7.98. The molecule has 0 unspecified atom stereocenters. The Morgan fingerprint density at radius 1 is 0.950 bits per heavy atom. The Labute approximate surface area is 124 Å². The smallest absolute Gasteiger partial charge is 0.217 e. The van der Waals surface area contributed by atoms with Crippen LogP contribution >= 0.6 is 23.1 Å². The van der Waals surface area contributed by atoms with Crippen molar-refractivity contribution in [3.8, 4) is 0 Å². The van der Waals surface area contributed by atoms with E-state index in [2.05, 4.69) is 63.1 Å². The van der Waals surface area contributed by atoms with Gasteiger partial charge >= 0.3 is 0 Å². The predicted molar refractivity (Wildman–Crippen MR) is 84.4 cm³/mol. The second-order valence-electron chi connectivity index (χ2n) is 4.44. The molecule has 0 aliphatic rings. The summed E-state index contributed by atoms with van der Waals surface area (Å²) in [5.74, 6) is 0.909. The maximum absolute atomic E-state index is 4.31. The quantitative estimate of drug-likeness (QED) is 0.530. The Kier molecular flexibility index (Phi) is 2.94. The Hall–Kier alpha value is -1.85. The van der Waals surface area contributed by atoms with Crippen LogP contribution < -0.4 is 0 Å². The molecule has 0 spiro atoms. The molecule has 0 aliphatic carbocycles. The molecular formula is C15H11N3S2. The highest BCUT2D eigenvalue weighted by Crippen LogP contribution is 2.30. The maximum atomic E-state index is 4.31. The summed E-state index contributed by atoms with van der Waals surface area (Å²) in [5.41, 5.74) is 2.49. The van der Waals surface area contributed by atoms with Gasteiger partial charge in [-0.1, -0.05) is 65.6 Å². The molecule has 0 fully saturated rings. The molecular weight excluding hydrogens is 286 g/mol. The average molecular weight is 297 g/mol. The van der Waals surface area contributed by atoms with Gasteiger partial charge in [-0.2, -0.15) is 0 Å². The van der Waals surface area contributed by atoms with Gasteiger partial charge in [0.15, 0.2) is 5.16 Å². The van der Waals surface area contributed by atoms with Crippen LogP contribution in [0.1, 0.15) is 5.56 Å². The molecule has 0 saturated heterocycles. The van der Waals surface area contributed by atoms with Gasteiger partial charge in [-0.3, -0.25) is 4.40 Å². The summed E-state index contributed by atoms with van der Waals surface area (Å²) in [6.07, 6.45) is 0. The van der Waals surface area contributed by atoms with Gasteiger partial charge in [-0.15, -0.1) is 10.2 Å². The molecule has 98 valence electrons. The van der Waals surface area contributed by atoms with Crippen molar-refractivity contribution in [1.29, 1.82) is 0 Å². The minimum Gasteiger partial charge on any atom is -0.260 e. The average Bonchev–Trinajstić information content (AvgIpc) is 3.05. The van der Waals surface area contributed by atoms with E-state index in [0.29, 0.717) is 0 Å². The Bertz CT molecular complexity index is 864. The maximum Gasteiger partial charge on any atom is 0.217 e. The van der Waals surface area contributed by atoms with Gasteiger partial charge in [-0.05, 0) is 17.7 Å². The molecule has 4 aromatic rings. The number of aromatic nitrogens is 3. The van der Waals surface area contributed by atoms with Crippen LogP contribution in [0.4, 0.5) is 0 Å². The molecule has 4 rings (SSSR count). The molecule has 0 N–H and O–H groups in total. The first-order chi connectivity index (χ1) is 9.92. The molecule has 0 atom stereocenters. The first-order valence-corrected chi connectivity index (χ1v) is 8.11. The van der Waals surface area contributed by atoms with E-state index in [0.717, 1.165) is 15.9 Å². The van der Waals surface area contributed by atoms with E-state index in [-0.39, 0.29) is 0 Å². The molecule has 5 heteroatoms. The summed E-state index contributed by atoms with van der Waals surface area (Å²) < 4.78 is 3.40. The second kappa shape index (κ2) is 4.92. The fourth-order valence-corrected chi connectivity index (χ4v) is 4.09. The summed E-state index contributed by atoms with van der Waals surface area (Å²) in [6, 6.07) is 18.8. The number of fused-ring (bicyclic) bond motifs is 3. The van der Waals surface area contributed by atoms with Gasteiger partial charge < -0.3 is 0 Å². The number of thiazole rings is 1. The van der Waals surface area contributed by atoms with E-state index >= 15 is 0 Å². The zero-order valence-electron chi connectivity index (χ0n) is 10.6. The molecule has 0 radical (unpaired) electrons. The number of hydrogen-bond donors (Lipinski definition) is 0. The first kappa shape index (κ1) is 11.9. The number of hydrogen-bond acceptors (Lipinski definition) is 4. The lowest BCUT2D eigenvalue weighted by Crippen LogP contribution is -1.86. The lowest BCUT2D eigenvalue weighted by atomic mass is 10.2. The van der Waals surface area contributed by atoms with Crippen LogP contribution in [-0.2, 0) is 5.75 Å². The normalized spacial score (nSPS) is 11.4. The van der Waals surface area contributed by atoms with Gasteiger partial charge in [-0.25, -0.2) is 0 Å². The minimum atomic E-state index is 0.909. The van der Waals surface area contributed by atoms with Crippen molar-refractivity contribution in [3.05, 3.63) is 60.2 Å². The number of para-hydroxylation sites is 1. The van der Waals surface area contributed by atoms with Gasteiger partial charge in [0.2, 0.25) is 4.96 Å². The van der Waals surface area contributed by atoms with Gasteiger partial charge in [0, 0.05) is 5.75 Å². The van der Waals surface area contributed by atoms with Crippen LogP contribution in [0.2, 0.25) is 0 Å². The summed E-state index contributed by atoms with van der Waals surface area (Å²) in [5, 5.41) is 9.55. The van der Waals surface area contributed by atoms with Gasteiger partial charge in [0.05, 0.1) is 10.2 Å². The Morgan fingerprint density at radius 3 is 2.65 bits per heavy atom. The van der Waals surface area contributed by atoms with E-state index in [9.17, 15) is 0 Å². The van der Waals surface area contributed by atoms with Crippen LogP contribution in [0.3, 0.4) is 0 Å². The van der Waals surface area contributed by atoms with E-state index in [1.54, 1.807) is 23.1 Å². The lowest BCUT2D eigenvalue weighted by Gasteiger charge is -2.00. The zero-order chi connectivity index (χ0) is 13.4. The summed E-state index contributed by atoms with van der Waals surface area (Å²) in [6.45, 7) is 0. The molecule has 3 nitrogen and oxygen atoms in total. The second-order valence-corrected chi connectivity index (χ2v) is 6.40. The molecule has 0 amide bonds. The van der Waals surface area contributed by atoms with Crippen molar-refractivity contribution in [2.45, 2.75) is 10.9 Å². The van der Waals surface area contributed by atoms with E-state index < -0.39 is 0 Å². The van der Waals surface area contributed by atoms with Crippen LogP contribution in [-0.4, -0.2) is 14.6 Å². The largest absolute Gasteiger partial charge is 0.260 e. The molecule has 0 bridgehead atoms. The van der Waals surface area contributed by atoms with E-state index in [1.807, 2.05) is 6.07 Å². The van der Waals surface area contributed by atoms with Crippen LogP contribution in [0, 0.1) is 0 Å². The topological polar surface area (TPSA) is 30.2 Å². The van der Waals surface area contributed by atoms with Crippen molar-refractivity contribution >= 4 is 38.3 Å². The summed E-state index contributed by atoms with van der Waals surface area (Å²) in [4.78, 5) is 0.960. The number of rotatable bonds is 3.